The maximum atomic E-state index is 13.6. The molecule has 1 heterocycles. The minimum atomic E-state index is -0.916. The van der Waals surface area contributed by atoms with Crippen molar-refractivity contribution in [1.82, 2.24) is 0 Å². The van der Waals surface area contributed by atoms with E-state index in [1.807, 2.05) is 17.7 Å². The molecule has 2 rings (SSSR count). The molecule has 1 atom stereocenters. The number of rotatable bonds is 2. The molecule has 0 saturated heterocycles. The van der Waals surface area contributed by atoms with Gasteiger partial charge in [-0.2, -0.15) is 11.3 Å². The molecule has 16 heavy (non-hydrogen) atoms. The smallest absolute Gasteiger partial charge is 0.129 e. The summed E-state index contributed by atoms with van der Waals surface area (Å²) in [5.41, 5.74) is 1.95. The van der Waals surface area contributed by atoms with Crippen LogP contribution in [0.5, 0.6) is 0 Å². The highest BCUT2D eigenvalue weighted by molar-refractivity contribution is 9.10. The van der Waals surface area contributed by atoms with Crippen molar-refractivity contribution in [3.05, 3.63) is 55.9 Å². The third-order valence-electron chi connectivity index (χ3n) is 2.38. The second-order valence-corrected chi connectivity index (χ2v) is 5.20. The lowest BCUT2D eigenvalue weighted by Gasteiger charge is -2.12. The maximum Gasteiger partial charge on any atom is 0.129 e. The molecule has 1 nitrogen and oxygen atoms in total. The minimum absolute atomic E-state index is 0.319. The largest absolute Gasteiger partial charge is 0.383 e. The second-order valence-electron chi connectivity index (χ2n) is 3.60. The predicted octanol–water partition coefficient (Wildman–Crippen LogP) is 4.04. The number of hydrogen-bond donors (Lipinski definition) is 1. The number of aryl methyl sites for hydroxylation is 1. The molecular weight excluding hydrogens is 291 g/mol. The van der Waals surface area contributed by atoms with Crippen LogP contribution in [0.1, 0.15) is 22.8 Å². The van der Waals surface area contributed by atoms with Crippen molar-refractivity contribution < 1.29 is 9.50 Å². The van der Waals surface area contributed by atoms with Crippen molar-refractivity contribution in [2.24, 2.45) is 0 Å². The normalized spacial score (nSPS) is 12.8. The van der Waals surface area contributed by atoms with Crippen LogP contribution in [-0.4, -0.2) is 5.11 Å². The fraction of sp³-hybridized carbons (Fsp3) is 0.167. The molecule has 0 radical (unpaired) electrons. The van der Waals surface area contributed by atoms with Gasteiger partial charge in [0.05, 0.1) is 0 Å². The van der Waals surface area contributed by atoms with E-state index in [2.05, 4.69) is 15.9 Å². The fourth-order valence-electron chi connectivity index (χ4n) is 1.53. The maximum absolute atomic E-state index is 13.6. The first kappa shape index (κ1) is 11.8. The summed E-state index contributed by atoms with van der Waals surface area (Å²) < 4.78 is 14.4. The summed E-state index contributed by atoms with van der Waals surface area (Å²) in [7, 11) is 0. The Bertz CT molecular complexity index is 509. The summed E-state index contributed by atoms with van der Waals surface area (Å²) >= 11 is 4.81. The Morgan fingerprint density at radius 3 is 2.69 bits per heavy atom. The van der Waals surface area contributed by atoms with E-state index in [9.17, 15) is 9.50 Å². The highest BCUT2D eigenvalue weighted by atomic mass is 79.9. The van der Waals surface area contributed by atoms with Gasteiger partial charge in [0, 0.05) is 21.0 Å². The lowest BCUT2D eigenvalue weighted by Crippen LogP contribution is -2.02. The van der Waals surface area contributed by atoms with Crippen molar-refractivity contribution in [2.75, 3.05) is 0 Å². The van der Waals surface area contributed by atoms with Crippen LogP contribution in [0.25, 0.3) is 0 Å². The van der Waals surface area contributed by atoms with E-state index in [1.54, 1.807) is 12.1 Å². The highest BCUT2D eigenvalue weighted by Gasteiger charge is 2.18. The molecule has 0 saturated carbocycles. The van der Waals surface area contributed by atoms with E-state index < -0.39 is 6.10 Å². The Balaban J connectivity index is 2.45. The zero-order chi connectivity index (χ0) is 11.7. The average Bonchev–Trinajstić information content (AvgIpc) is 2.67. The van der Waals surface area contributed by atoms with Crippen LogP contribution in [0.4, 0.5) is 4.39 Å². The Morgan fingerprint density at radius 1 is 1.31 bits per heavy atom. The average molecular weight is 301 g/mol. The second kappa shape index (κ2) is 4.65. The number of aliphatic hydroxyl groups excluding tert-OH is 1. The van der Waals surface area contributed by atoms with E-state index >= 15 is 0 Å². The molecule has 0 spiro atoms. The van der Waals surface area contributed by atoms with Gasteiger partial charge in [0.15, 0.2) is 0 Å². The van der Waals surface area contributed by atoms with Gasteiger partial charge in [0.1, 0.15) is 11.9 Å². The monoisotopic (exact) mass is 300 g/mol. The first-order chi connectivity index (χ1) is 7.59. The molecule has 1 N–H and O–H groups in total. The van der Waals surface area contributed by atoms with Gasteiger partial charge < -0.3 is 5.11 Å². The standard InChI is InChI=1S/C12H10BrFOS/c1-7-2-3-11(14)8(4-7)12(15)9-5-16-6-10(9)13/h2-6,12,15H,1H3. The van der Waals surface area contributed by atoms with Crippen molar-refractivity contribution in [1.29, 1.82) is 0 Å². The molecule has 2 aromatic rings. The zero-order valence-electron chi connectivity index (χ0n) is 8.58. The van der Waals surface area contributed by atoms with Gasteiger partial charge in [-0.25, -0.2) is 4.39 Å². The van der Waals surface area contributed by atoms with Gasteiger partial charge in [-0.1, -0.05) is 17.7 Å². The molecule has 1 aromatic carbocycles. The molecule has 4 heteroatoms. The fourth-order valence-corrected chi connectivity index (χ4v) is 3.06. The van der Waals surface area contributed by atoms with Crippen molar-refractivity contribution in [3.8, 4) is 0 Å². The number of thiophene rings is 1. The van der Waals surface area contributed by atoms with Gasteiger partial charge >= 0.3 is 0 Å². The van der Waals surface area contributed by atoms with Crippen LogP contribution in [-0.2, 0) is 0 Å². The molecule has 1 unspecified atom stereocenters. The number of benzene rings is 1. The first-order valence-electron chi connectivity index (χ1n) is 4.75. The molecule has 0 amide bonds. The minimum Gasteiger partial charge on any atom is -0.383 e. The van der Waals surface area contributed by atoms with Crippen LogP contribution in [0.3, 0.4) is 0 Å². The quantitative estimate of drug-likeness (QED) is 0.887. The number of halogens is 2. The van der Waals surface area contributed by atoms with E-state index in [0.717, 1.165) is 10.0 Å². The molecule has 0 aliphatic carbocycles. The van der Waals surface area contributed by atoms with E-state index in [0.29, 0.717) is 11.1 Å². The molecule has 0 aliphatic rings. The predicted molar refractivity (Wildman–Crippen MR) is 67.2 cm³/mol. The summed E-state index contributed by atoms with van der Waals surface area (Å²) in [4.78, 5) is 0. The Kier molecular flexibility index (Phi) is 3.42. The molecular formula is C12H10BrFOS. The number of aliphatic hydroxyl groups is 1. The van der Waals surface area contributed by atoms with Crippen LogP contribution < -0.4 is 0 Å². The lowest BCUT2D eigenvalue weighted by atomic mass is 10.0. The van der Waals surface area contributed by atoms with Crippen molar-refractivity contribution in [3.63, 3.8) is 0 Å². The topological polar surface area (TPSA) is 20.2 Å². The highest BCUT2D eigenvalue weighted by Crippen LogP contribution is 2.32. The Labute approximate surface area is 106 Å². The Hall–Kier alpha value is -0.710. The zero-order valence-corrected chi connectivity index (χ0v) is 11.0. The molecule has 0 fully saturated rings. The summed E-state index contributed by atoms with van der Waals surface area (Å²) in [6, 6.07) is 4.74. The van der Waals surface area contributed by atoms with E-state index in [4.69, 9.17) is 0 Å². The SMILES string of the molecule is Cc1ccc(F)c(C(O)c2cscc2Br)c1. The first-order valence-corrected chi connectivity index (χ1v) is 6.49. The molecule has 0 aliphatic heterocycles. The lowest BCUT2D eigenvalue weighted by molar-refractivity contribution is 0.214. The molecule has 84 valence electrons. The summed E-state index contributed by atoms with van der Waals surface area (Å²) in [6.07, 6.45) is -0.916. The third-order valence-corrected chi connectivity index (χ3v) is 4.13. The van der Waals surface area contributed by atoms with Crippen molar-refractivity contribution in [2.45, 2.75) is 13.0 Å². The summed E-state index contributed by atoms with van der Waals surface area (Å²) in [5, 5.41) is 13.8. The molecule has 1 aromatic heterocycles. The molecule has 0 bridgehead atoms. The van der Waals surface area contributed by atoms with Gasteiger partial charge in [-0.15, -0.1) is 0 Å². The summed E-state index contributed by atoms with van der Waals surface area (Å²) in [5.74, 6) is -0.379. The van der Waals surface area contributed by atoms with Crippen LogP contribution in [0.2, 0.25) is 0 Å². The Morgan fingerprint density at radius 2 is 2.06 bits per heavy atom. The van der Waals surface area contributed by atoms with Gasteiger partial charge in [0.25, 0.3) is 0 Å². The van der Waals surface area contributed by atoms with Crippen LogP contribution in [0.15, 0.2) is 33.4 Å². The van der Waals surface area contributed by atoms with E-state index in [1.165, 1.54) is 17.4 Å². The summed E-state index contributed by atoms with van der Waals surface area (Å²) in [6.45, 7) is 1.87. The van der Waals surface area contributed by atoms with Crippen LogP contribution >= 0.6 is 27.3 Å². The van der Waals surface area contributed by atoms with Crippen LogP contribution in [0, 0.1) is 12.7 Å². The van der Waals surface area contributed by atoms with Gasteiger partial charge in [-0.3, -0.25) is 0 Å². The van der Waals surface area contributed by atoms with E-state index in [-0.39, 0.29) is 5.82 Å². The van der Waals surface area contributed by atoms with Gasteiger partial charge in [0.2, 0.25) is 0 Å². The number of hydrogen-bond acceptors (Lipinski definition) is 2. The van der Waals surface area contributed by atoms with Gasteiger partial charge in [-0.05, 0) is 34.3 Å². The third kappa shape index (κ3) is 2.19. The van der Waals surface area contributed by atoms with Crippen molar-refractivity contribution >= 4 is 27.3 Å².